The second-order valence-electron chi connectivity index (χ2n) is 5.60. The van der Waals surface area contributed by atoms with Crippen LogP contribution in [0.1, 0.15) is 30.5 Å². The highest BCUT2D eigenvalue weighted by molar-refractivity contribution is 14.1. The van der Waals surface area contributed by atoms with Gasteiger partial charge in [0.1, 0.15) is 0 Å². The van der Waals surface area contributed by atoms with E-state index in [-0.39, 0.29) is 12.3 Å². The number of amides is 1. The second-order valence-corrected chi connectivity index (χ2v) is 8.59. The Bertz CT molecular complexity index is 840. The van der Waals surface area contributed by atoms with Crippen LogP contribution >= 0.6 is 45.3 Å². The Morgan fingerprint density at radius 1 is 1.17 bits per heavy atom. The fraction of sp³-hybridized carbons (Fsp3) is 0.235. The minimum Gasteiger partial charge on any atom is -0.302 e. The molecule has 1 amide bonds. The highest BCUT2D eigenvalue weighted by atomic mass is 127. The number of benzene rings is 1. The number of nitrogens with one attached hydrogen (secondary N) is 1. The van der Waals surface area contributed by atoms with E-state index in [0.29, 0.717) is 11.0 Å². The number of thiazole rings is 2. The van der Waals surface area contributed by atoms with Crippen LogP contribution < -0.4 is 5.32 Å². The van der Waals surface area contributed by atoms with Crippen LogP contribution in [0.3, 0.4) is 0 Å². The molecular formula is C17H16IN3OS2. The zero-order valence-electron chi connectivity index (χ0n) is 13.2. The molecule has 0 unspecified atom stereocenters. The Morgan fingerprint density at radius 2 is 1.92 bits per heavy atom. The molecule has 1 N–H and O–H groups in total. The molecule has 0 aliphatic heterocycles. The number of halogens is 1. The van der Waals surface area contributed by atoms with Crippen molar-refractivity contribution in [1.29, 1.82) is 0 Å². The second kappa shape index (κ2) is 7.71. The molecule has 3 rings (SSSR count). The van der Waals surface area contributed by atoms with Crippen LogP contribution in [0.4, 0.5) is 5.13 Å². The molecule has 2 heterocycles. The SMILES string of the molecule is CC(C)c1nc(CC(=O)Nc2nc(-c3ccc(I)cc3)cs2)cs1. The fourth-order valence-electron chi connectivity index (χ4n) is 2.08. The maximum Gasteiger partial charge on any atom is 0.232 e. The smallest absolute Gasteiger partial charge is 0.232 e. The summed E-state index contributed by atoms with van der Waals surface area (Å²) in [5.74, 6) is 0.307. The van der Waals surface area contributed by atoms with E-state index in [1.54, 1.807) is 11.3 Å². The maximum atomic E-state index is 12.2. The van der Waals surface area contributed by atoms with E-state index in [1.807, 2.05) is 35.0 Å². The number of hydrogen-bond acceptors (Lipinski definition) is 5. The van der Waals surface area contributed by atoms with E-state index in [1.165, 1.54) is 14.9 Å². The molecule has 0 radical (unpaired) electrons. The van der Waals surface area contributed by atoms with Gasteiger partial charge in [0.15, 0.2) is 5.13 Å². The van der Waals surface area contributed by atoms with Gasteiger partial charge in [0.05, 0.1) is 22.8 Å². The molecule has 0 saturated heterocycles. The van der Waals surface area contributed by atoms with Crippen molar-refractivity contribution in [3.8, 4) is 11.3 Å². The van der Waals surface area contributed by atoms with Gasteiger partial charge in [-0.15, -0.1) is 22.7 Å². The number of carbonyl (C=O) groups excluding carboxylic acids is 1. The van der Waals surface area contributed by atoms with E-state index in [2.05, 4.69) is 51.7 Å². The highest BCUT2D eigenvalue weighted by Crippen LogP contribution is 2.26. The van der Waals surface area contributed by atoms with Crippen LogP contribution in [-0.2, 0) is 11.2 Å². The third-order valence-corrected chi connectivity index (χ3v) is 5.97. The number of anilines is 1. The molecule has 2 aromatic heterocycles. The van der Waals surface area contributed by atoms with Crippen LogP contribution in [0.15, 0.2) is 35.0 Å². The monoisotopic (exact) mass is 469 g/mol. The molecule has 24 heavy (non-hydrogen) atoms. The van der Waals surface area contributed by atoms with Crippen LogP contribution in [0.2, 0.25) is 0 Å². The van der Waals surface area contributed by atoms with Crippen LogP contribution in [0.25, 0.3) is 11.3 Å². The van der Waals surface area contributed by atoms with Gasteiger partial charge >= 0.3 is 0 Å². The fourth-order valence-corrected chi connectivity index (χ4v) is 4.01. The Hall–Kier alpha value is -1.32. The Labute approximate surface area is 162 Å². The lowest BCUT2D eigenvalue weighted by Gasteiger charge is -2.00. The van der Waals surface area contributed by atoms with Crippen LogP contribution in [0, 0.1) is 3.57 Å². The quantitative estimate of drug-likeness (QED) is 0.525. The van der Waals surface area contributed by atoms with Crippen molar-refractivity contribution in [3.05, 3.63) is 49.3 Å². The van der Waals surface area contributed by atoms with E-state index < -0.39 is 0 Å². The summed E-state index contributed by atoms with van der Waals surface area (Å²) in [6.45, 7) is 4.20. The number of carbonyl (C=O) groups is 1. The third kappa shape index (κ3) is 4.40. The van der Waals surface area contributed by atoms with Gasteiger partial charge in [-0.3, -0.25) is 4.79 Å². The van der Waals surface area contributed by atoms with Crippen molar-refractivity contribution in [3.63, 3.8) is 0 Å². The van der Waals surface area contributed by atoms with Gasteiger partial charge in [-0.25, -0.2) is 9.97 Å². The Kier molecular flexibility index (Phi) is 5.62. The van der Waals surface area contributed by atoms with Crippen molar-refractivity contribution in [1.82, 2.24) is 9.97 Å². The van der Waals surface area contributed by atoms with E-state index in [4.69, 9.17) is 0 Å². The Morgan fingerprint density at radius 3 is 2.58 bits per heavy atom. The first-order valence-electron chi connectivity index (χ1n) is 7.47. The maximum absolute atomic E-state index is 12.2. The molecular weight excluding hydrogens is 453 g/mol. The van der Waals surface area contributed by atoms with Crippen molar-refractivity contribution in [2.75, 3.05) is 5.32 Å². The third-order valence-electron chi connectivity index (χ3n) is 3.30. The normalized spacial score (nSPS) is 11.0. The summed E-state index contributed by atoms with van der Waals surface area (Å²) in [4.78, 5) is 21.2. The molecule has 7 heteroatoms. The average Bonchev–Trinajstić information content (AvgIpc) is 3.17. The summed E-state index contributed by atoms with van der Waals surface area (Å²) < 4.78 is 1.18. The summed E-state index contributed by atoms with van der Waals surface area (Å²) >= 11 is 5.31. The highest BCUT2D eigenvalue weighted by Gasteiger charge is 2.12. The van der Waals surface area contributed by atoms with Crippen molar-refractivity contribution < 1.29 is 4.79 Å². The zero-order chi connectivity index (χ0) is 17.1. The van der Waals surface area contributed by atoms with Gasteiger partial charge in [0.25, 0.3) is 0 Å². The van der Waals surface area contributed by atoms with Crippen molar-refractivity contribution in [2.45, 2.75) is 26.2 Å². The predicted molar refractivity (Wildman–Crippen MR) is 109 cm³/mol. The largest absolute Gasteiger partial charge is 0.302 e. The molecule has 3 aromatic rings. The van der Waals surface area contributed by atoms with Crippen LogP contribution in [-0.4, -0.2) is 15.9 Å². The van der Waals surface area contributed by atoms with Gasteiger partial charge in [-0.1, -0.05) is 26.0 Å². The van der Waals surface area contributed by atoms with Gasteiger partial charge in [0.2, 0.25) is 5.91 Å². The van der Waals surface area contributed by atoms with E-state index in [0.717, 1.165) is 22.0 Å². The number of nitrogens with zero attached hydrogens (tertiary/aromatic N) is 2. The van der Waals surface area contributed by atoms with Crippen molar-refractivity contribution >= 4 is 56.3 Å². The first-order chi connectivity index (χ1) is 11.5. The molecule has 0 atom stereocenters. The van der Waals surface area contributed by atoms with Crippen molar-refractivity contribution in [2.24, 2.45) is 0 Å². The van der Waals surface area contributed by atoms with Gasteiger partial charge in [-0.2, -0.15) is 0 Å². The number of rotatable bonds is 5. The zero-order valence-corrected chi connectivity index (χ0v) is 17.0. The van der Waals surface area contributed by atoms with E-state index in [9.17, 15) is 4.79 Å². The van der Waals surface area contributed by atoms with Gasteiger partial charge < -0.3 is 5.32 Å². The minimum absolute atomic E-state index is 0.0842. The lowest BCUT2D eigenvalue weighted by molar-refractivity contribution is -0.115. The molecule has 0 saturated carbocycles. The first kappa shape index (κ1) is 17.5. The summed E-state index contributed by atoms with van der Waals surface area (Å²) in [5.41, 5.74) is 2.74. The van der Waals surface area contributed by atoms with E-state index >= 15 is 0 Å². The summed E-state index contributed by atoms with van der Waals surface area (Å²) in [6.07, 6.45) is 0.279. The molecule has 0 spiro atoms. The molecule has 0 bridgehead atoms. The minimum atomic E-state index is -0.0842. The van der Waals surface area contributed by atoms with Gasteiger partial charge in [0, 0.05) is 25.8 Å². The van der Waals surface area contributed by atoms with Crippen LogP contribution in [0.5, 0.6) is 0 Å². The number of aromatic nitrogens is 2. The van der Waals surface area contributed by atoms with Gasteiger partial charge in [-0.05, 0) is 34.7 Å². The summed E-state index contributed by atoms with van der Waals surface area (Å²) in [7, 11) is 0. The molecule has 124 valence electrons. The molecule has 0 fully saturated rings. The topological polar surface area (TPSA) is 54.9 Å². The standard InChI is InChI=1S/C17H16IN3OS2/c1-10(2)16-19-13(8-23-16)7-15(22)21-17-20-14(9-24-17)11-3-5-12(18)6-4-11/h3-6,8-10H,7H2,1-2H3,(H,20,21,22). The molecule has 1 aromatic carbocycles. The lowest BCUT2D eigenvalue weighted by atomic mass is 10.2. The average molecular weight is 469 g/mol. The summed E-state index contributed by atoms with van der Waals surface area (Å²) in [6, 6.07) is 8.15. The molecule has 4 nitrogen and oxygen atoms in total. The first-order valence-corrected chi connectivity index (χ1v) is 10.3. The summed E-state index contributed by atoms with van der Waals surface area (Å²) in [5, 5.41) is 8.45. The molecule has 0 aliphatic carbocycles. The lowest BCUT2D eigenvalue weighted by Crippen LogP contribution is -2.14. The molecule has 0 aliphatic rings. The number of hydrogen-bond donors (Lipinski definition) is 1. The Balaban J connectivity index is 1.63. The predicted octanol–water partition coefficient (Wildman–Crippen LogP) is 5.18.